The number of benzene rings is 2. The minimum absolute atomic E-state index is 0.354. The summed E-state index contributed by atoms with van der Waals surface area (Å²) < 4.78 is 0.492. The summed E-state index contributed by atoms with van der Waals surface area (Å²) in [6.45, 7) is 4.55. The Morgan fingerprint density at radius 2 is 1.30 bits per heavy atom. The third-order valence-electron chi connectivity index (χ3n) is 11.5. The molecule has 0 radical (unpaired) electrons. The van der Waals surface area contributed by atoms with Gasteiger partial charge in [-0.25, -0.2) is 0 Å². The van der Waals surface area contributed by atoms with Gasteiger partial charge in [-0.2, -0.15) is 0 Å². The van der Waals surface area contributed by atoms with Crippen molar-refractivity contribution in [1.82, 2.24) is 0 Å². The van der Waals surface area contributed by atoms with Crippen molar-refractivity contribution >= 4 is 29.3 Å². The Balaban J connectivity index is 0.000000155. The fourth-order valence-electron chi connectivity index (χ4n) is 9.54. The second-order valence-corrected chi connectivity index (χ2v) is 17.4. The first-order valence-electron chi connectivity index (χ1n) is 17.3. The summed E-state index contributed by atoms with van der Waals surface area (Å²) in [6.07, 6.45) is 16.9. The van der Waals surface area contributed by atoms with Crippen LogP contribution in [0.15, 0.2) is 36.4 Å². The lowest BCUT2D eigenvalue weighted by Crippen LogP contribution is -2.40. The van der Waals surface area contributed by atoms with Crippen LogP contribution in [0.4, 0.5) is 0 Å². The van der Waals surface area contributed by atoms with E-state index in [1.54, 1.807) is 11.6 Å². The van der Waals surface area contributed by atoms with E-state index in [0.717, 1.165) is 30.6 Å². The smallest absolute Gasteiger partial charge is 0.133 e. The summed E-state index contributed by atoms with van der Waals surface area (Å²) in [5, 5.41) is 19.5. The number of hydrogen-bond donors (Lipinski definition) is 2. The minimum Gasteiger partial charge on any atom is -0.508 e. The quantitative estimate of drug-likeness (QED) is 0.337. The molecule has 6 atom stereocenters. The second kappa shape index (κ2) is 13.8. The number of carbonyl (C=O) groups excluding carboxylic acids is 1. The Hall–Kier alpha value is -1.59. The molecule has 0 aromatic heterocycles. The van der Waals surface area contributed by atoms with Gasteiger partial charge < -0.3 is 10.2 Å². The van der Waals surface area contributed by atoms with E-state index in [4.69, 9.17) is 0 Å². The topological polar surface area (TPSA) is 57.5 Å². The van der Waals surface area contributed by atoms with Crippen LogP contribution in [0.25, 0.3) is 0 Å². The standard InChI is InChI=1S/C20H28OS2.C18H24O2/c1-2-3-4-15-12-20(22-9-10-23-20)13-19-17-8-6-16(21)11-14(17)5-7-18(15)19;1-2-3-4-12-10-15(20)11-18-16(12)7-5-13-9-14(19)6-8-17(13)18/h6,8,11,15,18-19,21H,2-5,7,9-10,12-13H2,1H3;6,8-9,12,16,18-19H,2-5,7,10-11H2,1H3/t15?,18-,19+;12?,16-,18-/m00/s1. The van der Waals surface area contributed by atoms with E-state index in [-0.39, 0.29) is 0 Å². The number of ketones is 1. The van der Waals surface area contributed by atoms with Crippen LogP contribution in [0.1, 0.15) is 125 Å². The molecule has 3 fully saturated rings. The predicted molar refractivity (Wildman–Crippen MR) is 182 cm³/mol. The number of thioether (sulfide) groups is 2. The highest BCUT2D eigenvalue weighted by atomic mass is 32.2. The molecule has 1 spiro atoms. The number of unbranched alkanes of at least 4 members (excludes halogenated alkanes) is 2. The molecule has 1 saturated heterocycles. The van der Waals surface area contributed by atoms with Crippen molar-refractivity contribution in [3.63, 3.8) is 0 Å². The van der Waals surface area contributed by atoms with Crippen LogP contribution >= 0.6 is 23.5 Å². The average Bonchev–Trinajstić information content (AvgIpc) is 3.45. The van der Waals surface area contributed by atoms with E-state index in [0.29, 0.717) is 45.5 Å². The molecule has 2 aromatic carbocycles. The monoisotopic (exact) mass is 620 g/mol. The van der Waals surface area contributed by atoms with Crippen LogP contribution in [0.2, 0.25) is 0 Å². The second-order valence-electron chi connectivity index (χ2n) is 14.2. The van der Waals surface area contributed by atoms with Crippen LogP contribution < -0.4 is 0 Å². The zero-order valence-corrected chi connectivity index (χ0v) is 28.0. The van der Waals surface area contributed by atoms with E-state index in [9.17, 15) is 15.0 Å². The number of carbonyl (C=O) groups is 1. The van der Waals surface area contributed by atoms with Gasteiger partial charge in [0.25, 0.3) is 0 Å². The van der Waals surface area contributed by atoms with Gasteiger partial charge in [-0.05, 0) is 127 Å². The SMILES string of the molecule is CCCCC1CC(=O)C[C@@H]2c3ccc(O)cc3CC[C@@H]12.CCCCC1CC2(C[C@@H]3c4ccc(O)cc4CC[C@@H]13)SCCS2. The van der Waals surface area contributed by atoms with Crippen LogP contribution in [0.3, 0.4) is 0 Å². The van der Waals surface area contributed by atoms with Crippen molar-refractivity contribution in [2.24, 2.45) is 23.7 Å². The Labute approximate surface area is 268 Å². The van der Waals surface area contributed by atoms with Gasteiger partial charge in [0.2, 0.25) is 0 Å². The summed E-state index contributed by atoms with van der Waals surface area (Å²) in [5.74, 6) is 8.10. The van der Waals surface area contributed by atoms with E-state index in [2.05, 4.69) is 49.5 Å². The summed E-state index contributed by atoms with van der Waals surface area (Å²) in [5.41, 5.74) is 5.57. The number of aromatic hydroxyl groups is 2. The highest BCUT2D eigenvalue weighted by Gasteiger charge is 2.49. The van der Waals surface area contributed by atoms with Crippen molar-refractivity contribution in [3.05, 3.63) is 58.7 Å². The normalized spacial score (nSPS) is 30.4. The van der Waals surface area contributed by atoms with Gasteiger partial charge in [0.05, 0.1) is 4.08 Å². The molecule has 43 heavy (non-hydrogen) atoms. The molecule has 2 N–H and O–H groups in total. The zero-order valence-electron chi connectivity index (χ0n) is 26.4. The number of Topliss-reactive ketones (excluding diaryl/α,β-unsaturated/α-hetero) is 1. The van der Waals surface area contributed by atoms with E-state index in [1.165, 1.54) is 98.8 Å². The maximum atomic E-state index is 12.1. The lowest BCUT2D eigenvalue weighted by molar-refractivity contribution is -0.123. The van der Waals surface area contributed by atoms with Crippen molar-refractivity contribution in [1.29, 1.82) is 0 Å². The van der Waals surface area contributed by atoms with Crippen LogP contribution in [-0.2, 0) is 17.6 Å². The molecule has 2 unspecified atom stereocenters. The summed E-state index contributed by atoms with van der Waals surface area (Å²) >= 11 is 4.50. The molecule has 0 bridgehead atoms. The fraction of sp³-hybridized carbons (Fsp3) is 0.658. The first-order valence-corrected chi connectivity index (χ1v) is 19.3. The lowest BCUT2D eigenvalue weighted by Gasteiger charge is -2.49. The van der Waals surface area contributed by atoms with Crippen LogP contribution in [0, 0.1) is 23.7 Å². The molecule has 0 amide bonds. The number of aryl methyl sites for hydroxylation is 2. The maximum absolute atomic E-state index is 12.1. The molecule has 4 aliphatic carbocycles. The highest BCUT2D eigenvalue weighted by molar-refractivity contribution is 8.21. The molecule has 5 aliphatic rings. The van der Waals surface area contributed by atoms with Crippen molar-refractivity contribution in [3.8, 4) is 11.5 Å². The van der Waals surface area contributed by atoms with Crippen LogP contribution in [-0.4, -0.2) is 31.6 Å². The van der Waals surface area contributed by atoms with Gasteiger partial charge in [0, 0.05) is 24.3 Å². The Bertz CT molecular complexity index is 1270. The molecule has 7 rings (SSSR count). The Kier molecular flexibility index (Phi) is 10.1. The summed E-state index contributed by atoms with van der Waals surface area (Å²) in [6, 6.07) is 11.9. The van der Waals surface area contributed by atoms with Crippen molar-refractivity contribution in [2.75, 3.05) is 11.5 Å². The Morgan fingerprint density at radius 3 is 1.91 bits per heavy atom. The zero-order chi connectivity index (χ0) is 30.0. The third kappa shape index (κ3) is 6.83. The molecule has 2 saturated carbocycles. The first kappa shape index (κ1) is 31.4. The van der Waals surface area contributed by atoms with Gasteiger partial charge in [0.15, 0.2) is 0 Å². The molecule has 3 nitrogen and oxygen atoms in total. The number of hydrogen-bond acceptors (Lipinski definition) is 5. The predicted octanol–water partition coefficient (Wildman–Crippen LogP) is 10.0. The third-order valence-corrected chi connectivity index (χ3v) is 15.0. The fourth-order valence-corrected chi connectivity index (χ4v) is 13.0. The average molecular weight is 621 g/mol. The molecule has 5 heteroatoms. The van der Waals surface area contributed by atoms with E-state index in [1.807, 2.05) is 18.2 Å². The van der Waals surface area contributed by atoms with Gasteiger partial charge >= 0.3 is 0 Å². The summed E-state index contributed by atoms with van der Waals surface area (Å²) in [7, 11) is 0. The van der Waals surface area contributed by atoms with Gasteiger partial charge in [0.1, 0.15) is 17.3 Å². The number of phenolic OH excluding ortho intramolecular Hbond substituents is 2. The van der Waals surface area contributed by atoms with E-state index < -0.39 is 0 Å². The number of fused-ring (bicyclic) bond motifs is 6. The number of phenols is 2. The first-order chi connectivity index (χ1) is 20.9. The molecule has 1 heterocycles. The van der Waals surface area contributed by atoms with E-state index >= 15 is 0 Å². The highest BCUT2D eigenvalue weighted by Crippen LogP contribution is 2.62. The number of rotatable bonds is 6. The largest absolute Gasteiger partial charge is 0.508 e. The molecular weight excluding hydrogens is 569 g/mol. The minimum atomic E-state index is 0.354. The van der Waals surface area contributed by atoms with Crippen LogP contribution in [0.5, 0.6) is 11.5 Å². The molecule has 234 valence electrons. The van der Waals surface area contributed by atoms with Crippen molar-refractivity contribution in [2.45, 2.75) is 120 Å². The summed E-state index contributed by atoms with van der Waals surface area (Å²) in [4.78, 5) is 12.1. The van der Waals surface area contributed by atoms with Gasteiger partial charge in [-0.15, -0.1) is 23.5 Å². The molecular formula is C38H52O3S2. The molecule has 1 aliphatic heterocycles. The molecule has 2 aromatic rings. The van der Waals surface area contributed by atoms with Gasteiger partial charge in [-0.1, -0.05) is 58.1 Å². The van der Waals surface area contributed by atoms with Gasteiger partial charge in [-0.3, -0.25) is 4.79 Å². The van der Waals surface area contributed by atoms with Crippen molar-refractivity contribution < 1.29 is 15.0 Å². The Morgan fingerprint density at radius 1 is 0.744 bits per heavy atom. The lowest BCUT2D eigenvalue weighted by atomic mass is 9.62. The maximum Gasteiger partial charge on any atom is 0.133 e.